The summed E-state index contributed by atoms with van der Waals surface area (Å²) in [5.74, 6) is 0.919. The summed E-state index contributed by atoms with van der Waals surface area (Å²) in [5.41, 5.74) is 2.28. The molecule has 3 heteroatoms. The van der Waals surface area contributed by atoms with Crippen molar-refractivity contribution in [1.82, 2.24) is 5.32 Å². The lowest BCUT2D eigenvalue weighted by Crippen LogP contribution is -2.13. The Morgan fingerprint density at radius 1 is 1.41 bits per heavy atom. The minimum absolute atomic E-state index is 0.582. The van der Waals surface area contributed by atoms with Gasteiger partial charge in [0.2, 0.25) is 0 Å². The Kier molecular flexibility index (Phi) is 6.30. The molecule has 94 valence electrons. The van der Waals surface area contributed by atoms with E-state index in [0.29, 0.717) is 6.61 Å². The average Bonchev–Trinajstić information content (AvgIpc) is 2.34. The van der Waals surface area contributed by atoms with Crippen LogP contribution in [0.2, 0.25) is 0 Å². The van der Waals surface area contributed by atoms with E-state index in [4.69, 9.17) is 4.74 Å². The highest BCUT2D eigenvalue weighted by atomic mass is 79.9. The molecule has 0 aromatic heterocycles. The van der Waals surface area contributed by atoms with Crippen molar-refractivity contribution >= 4 is 15.9 Å². The van der Waals surface area contributed by atoms with E-state index in [1.165, 1.54) is 5.56 Å². The smallest absolute Gasteiger partial charge is 0.138 e. The first kappa shape index (κ1) is 14.3. The SMILES string of the molecule is C=C(CC)COc1c(Br)cccc1CNCC. The third-order valence-electron chi connectivity index (χ3n) is 2.53. The molecular weight excluding hydrogens is 278 g/mol. The van der Waals surface area contributed by atoms with Gasteiger partial charge in [-0.05, 0) is 40.5 Å². The molecule has 1 aromatic rings. The maximum Gasteiger partial charge on any atom is 0.138 e. The first-order valence-electron chi connectivity index (χ1n) is 5.96. The lowest BCUT2D eigenvalue weighted by atomic mass is 10.2. The third kappa shape index (κ3) is 4.52. The second-order valence-corrected chi connectivity index (χ2v) is 4.75. The van der Waals surface area contributed by atoms with Crippen LogP contribution in [0.15, 0.2) is 34.8 Å². The van der Waals surface area contributed by atoms with E-state index in [9.17, 15) is 0 Å². The van der Waals surface area contributed by atoms with E-state index in [1.54, 1.807) is 0 Å². The number of halogens is 1. The highest BCUT2D eigenvalue weighted by molar-refractivity contribution is 9.10. The Balaban J connectivity index is 2.76. The Hall–Kier alpha value is -0.800. The van der Waals surface area contributed by atoms with Crippen LogP contribution in [0.3, 0.4) is 0 Å². The van der Waals surface area contributed by atoms with Gasteiger partial charge in [-0.2, -0.15) is 0 Å². The van der Waals surface area contributed by atoms with Crippen molar-refractivity contribution in [1.29, 1.82) is 0 Å². The quantitative estimate of drug-likeness (QED) is 0.771. The number of ether oxygens (including phenoxy) is 1. The summed E-state index contributed by atoms with van der Waals surface area (Å²) in [5, 5.41) is 3.31. The Bertz CT molecular complexity index is 376. The van der Waals surface area contributed by atoms with Crippen molar-refractivity contribution in [2.45, 2.75) is 26.8 Å². The second kappa shape index (κ2) is 7.51. The maximum atomic E-state index is 5.83. The highest BCUT2D eigenvalue weighted by Crippen LogP contribution is 2.29. The van der Waals surface area contributed by atoms with E-state index in [0.717, 1.165) is 35.3 Å². The molecule has 17 heavy (non-hydrogen) atoms. The van der Waals surface area contributed by atoms with Gasteiger partial charge in [0, 0.05) is 12.1 Å². The number of benzene rings is 1. The lowest BCUT2D eigenvalue weighted by molar-refractivity contribution is 0.342. The van der Waals surface area contributed by atoms with E-state index in [-0.39, 0.29) is 0 Å². The molecule has 1 rings (SSSR count). The topological polar surface area (TPSA) is 21.3 Å². The number of hydrogen-bond acceptors (Lipinski definition) is 2. The van der Waals surface area contributed by atoms with E-state index >= 15 is 0 Å². The van der Waals surface area contributed by atoms with E-state index in [1.807, 2.05) is 12.1 Å². The zero-order valence-corrected chi connectivity index (χ0v) is 12.1. The molecule has 1 N–H and O–H groups in total. The van der Waals surface area contributed by atoms with Crippen LogP contribution in [-0.4, -0.2) is 13.2 Å². The molecule has 2 nitrogen and oxygen atoms in total. The number of rotatable bonds is 7. The van der Waals surface area contributed by atoms with Gasteiger partial charge in [-0.15, -0.1) is 0 Å². The molecule has 0 aliphatic heterocycles. The molecular formula is C14H20BrNO. The molecule has 0 radical (unpaired) electrons. The summed E-state index contributed by atoms with van der Waals surface area (Å²) < 4.78 is 6.83. The molecule has 0 bridgehead atoms. The molecule has 1 aromatic carbocycles. The molecule has 0 aliphatic carbocycles. The first-order chi connectivity index (χ1) is 8.19. The maximum absolute atomic E-state index is 5.83. The predicted octanol–water partition coefficient (Wildman–Crippen LogP) is 3.90. The van der Waals surface area contributed by atoms with Crippen LogP contribution in [0.4, 0.5) is 0 Å². The third-order valence-corrected chi connectivity index (χ3v) is 3.16. The summed E-state index contributed by atoms with van der Waals surface area (Å²) in [6.07, 6.45) is 0.951. The fourth-order valence-electron chi connectivity index (χ4n) is 1.39. The van der Waals surface area contributed by atoms with Gasteiger partial charge in [-0.1, -0.05) is 32.6 Å². The van der Waals surface area contributed by atoms with Crippen LogP contribution in [-0.2, 0) is 6.54 Å². The van der Waals surface area contributed by atoms with Crippen LogP contribution in [0.1, 0.15) is 25.8 Å². The van der Waals surface area contributed by atoms with Crippen LogP contribution >= 0.6 is 15.9 Å². The number of para-hydroxylation sites is 1. The molecule has 0 atom stereocenters. The van der Waals surface area contributed by atoms with Crippen LogP contribution < -0.4 is 10.1 Å². The summed E-state index contributed by atoms with van der Waals surface area (Å²) >= 11 is 3.53. The van der Waals surface area contributed by atoms with Gasteiger partial charge in [0.1, 0.15) is 12.4 Å². The van der Waals surface area contributed by atoms with Crippen LogP contribution in [0.5, 0.6) is 5.75 Å². The summed E-state index contributed by atoms with van der Waals surface area (Å²) in [6.45, 7) is 10.5. The first-order valence-corrected chi connectivity index (χ1v) is 6.75. The predicted molar refractivity (Wildman–Crippen MR) is 76.4 cm³/mol. The van der Waals surface area contributed by atoms with Gasteiger partial charge < -0.3 is 10.1 Å². The minimum Gasteiger partial charge on any atom is -0.488 e. The van der Waals surface area contributed by atoms with Crippen molar-refractivity contribution in [2.75, 3.05) is 13.2 Å². The minimum atomic E-state index is 0.582. The van der Waals surface area contributed by atoms with Gasteiger partial charge in [-0.3, -0.25) is 0 Å². The Labute approximate surface area is 112 Å². The second-order valence-electron chi connectivity index (χ2n) is 3.90. The summed E-state index contributed by atoms with van der Waals surface area (Å²) in [4.78, 5) is 0. The zero-order chi connectivity index (χ0) is 12.7. The summed E-state index contributed by atoms with van der Waals surface area (Å²) in [6, 6.07) is 6.11. The fourth-order valence-corrected chi connectivity index (χ4v) is 1.91. The van der Waals surface area contributed by atoms with Crippen LogP contribution in [0, 0.1) is 0 Å². The molecule has 0 amide bonds. The van der Waals surface area contributed by atoms with Gasteiger partial charge in [0.05, 0.1) is 4.47 Å². The molecule has 0 aliphatic rings. The molecule has 0 fully saturated rings. The molecule has 0 heterocycles. The van der Waals surface area contributed by atoms with E-state index in [2.05, 4.69) is 47.7 Å². The van der Waals surface area contributed by atoms with Gasteiger partial charge >= 0.3 is 0 Å². The van der Waals surface area contributed by atoms with Gasteiger partial charge in [-0.25, -0.2) is 0 Å². The number of hydrogen-bond donors (Lipinski definition) is 1. The average molecular weight is 298 g/mol. The fraction of sp³-hybridized carbons (Fsp3) is 0.429. The lowest BCUT2D eigenvalue weighted by Gasteiger charge is -2.14. The Morgan fingerprint density at radius 3 is 2.82 bits per heavy atom. The van der Waals surface area contributed by atoms with Crippen molar-refractivity contribution in [2.24, 2.45) is 0 Å². The van der Waals surface area contributed by atoms with Crippen molar-refractivity contribution < 1.29 is 4.74 Å². The largest absolute Gasteiger partial charge is 0.488 e. The highest BCUT2D eigenvalue weighted by Gasteiger charge is 2.07. The van der Waals surface area contributed by atoms with Gasteiger partial charge in [0.15, 0.2) is 0 Å². The molecule has 0 saturated carbocycles. The van der Waals surface area contributed by atoms with Crippen molar-refractivity contribution in [3.63, 3.8) is 0 Å². The monoisotopic (exact) mass is 297 g/mol. The van der Waals surface area contributed by atoms with Crippen LogP contribution in [0.25, 0.3) is 0 Å². The van der Waals surface area contributed by atoms with Crippen molar-refractivity contribution in [3.05, 3.63) is 40.4 Å². The molecule has 0 saturated heterocycles. The van der Waals surface area contributed by atoms with E-state index < -0.39 is 0 Å². The zero-order valence-electron chi connectivity index (χ0n) is 10.6. The molecule has 0 spiro atoms. The van der Waals surface area contributed by atoms with Gasteiger partial charge in [0.25, 0.3) is 0 Å². The van der Waals surface area contributed by atoms with Crippen molar-refractivity contribution in [3.8, 4) is 5.75 Å². The standard InChI is InChI=1S/C14H20BrNO/c1-4-11(3)10-17-14-12(9-16-5-2)7-6-8-13(14)15/h6-8,16H,3-5,9-10H2,1-2H3. The summed E-state index contributed by atoms with van der Waals surface area (Å²) in [7, 11) is 0. The Morgan fingerprint density at radius 2 is 2.18 bits per heavy atom. The number of nitrogens with one attached hydrogen (secondary N) is 1. The molecule has 0 unspecified atom stereocenters. The normalized spacial score (nSPS) is 10.3.